The van der Waals surface area contributed by atoms with Gasteiger partial charge in [-0.2, -0.15) is 0 Å². The molecule has 3 aliphatic heterocycles. The highest BCUT2D eigenvalue weighted by molar-refractivity contribution is 6.25. The fourth-order valence-electron chi connectivity index (χ4n) is 4.79. The monoisotopic (exact) mass is 365 g/mol. The van der Waals surface area contributed by atoms with Crippen molar-refractivity contribution < 1.29 is 18.8 Å². The maximum Gasteiger partial charge on any atom is 0.250 e. The number of nitrogens with zero attached hydrogens (tertiary/aromatic N) is 1. The molecule has 3 aliphatic rings. The Bertz CT molecular complexity index is 1020. The molecule has 0 unspecified atom stereocenters. The molecule has 5 rings (SSSR count). The summed E-state index contributed by atoms with van der Waals surface area (Å²) < 4.78 is 13.7. The van der Waals surface area contributed by atoms with E-state index in [0.717, 1.165) is 11.0 Å². The van der Waals surface area contributed by atoms with E-state index in [1.54, 1.807) is 31.2 Å². The SMILES string of the molecule is C[C@H]1N[C@]2(C(=O)Nc3ccccc32)[C@@H]2C(=O)N(c3cccc(F)c3)C(=O)[C@@H]21. The Morgan fingerprint density at radius 2 is 1.81 bits per heavy atom. The highest BCUT2D eigenvalue weighted by atomic mass is 19.1. The third-order valence-electron chi connectivity index (χ3n) is 5.84. The topological polar surface area (TPSA) is 78.5 Å². The Hall–Kier alpha value is -3.06. The second-order valence-corrected chi connectivity index (χ2v) is 7.24. The van der Waals surface area contributed by atoms with Gasteiger partial charge >= 0.3 is 0 Å². The van der Waals surface area contributed by atoms with Gasteiger partial charge in [0.25, 0.3) is 0 Å². The molecule has 6 nitrogen and oxygen atoms in total. The zero-order valence-corrected chi connectivity index (χ0v) is 14.4. The Morgan fingerprint density at radius 3 is 2.59 bits per heavy atom. The molecular weight excluding hydrogens is 349 g/mol. The van der Waals surface area contributed by atoms with Crippen LogP contribution in [0.25, 0.3) is 0 Å². The van der Waals surface area contributed by atoms with Gasteiger partial charge in [0.2, 0.25) is 17.7 Å². The van der Waals surface area contributed by atoms with Crippen LogP contribution in [-0.2, 0) is 19.9 Å². The van der Waals surface area contributed by atoms with Crippen molar-refractivity contribution in [3.63, 3.8) is 0 Å². The molecule has 3 heterocycles. The first-order chi connectivity index (χ1) is 12.9. The van der Waals surface area contributed by atoms with Crippen LogP contribution in [0.3, 0.4) is 0 Å². The smallest absolute Gasteiger partial charge is 0.250 e. The van der Waals surface area contributed by atoms with Gasteiger partial charge in [-0.25, -0.2) is 9.29 Å². The molecule has 136 valence electrons. The van der Waals surface area contributed by atoms with E-state index in [2.05, 4.69) is 10.6 Å². The summed E-state index contributed by atoms with van der Waals surface area (Å²) in [5.41, 5.74) is 0.188. The summed E-state index contributed by atoms with van der Waals surface area (Å²) >= 11 is 0. The number of nitrogens with one attached hydrogen (secondary N) is 2. The first kappa shape index (κ1) is 16.1. The van der Waals surface area contributed by atoms with Crippen LogP contribution in [-0.4, -0.2) is 23.8 Å². The second kappa shape index (κ2) is 5.23. The summed E-state index contributed by atoms with van der Waals surface area (Å²) in [6.07, 6.45) is 0. The van der Waals surface area contributed by atoms with E-state index in [9.17, 15) is 18.8 Å². The molecule has 3 amide bonds. The normalized spacial score (nSPS) is 31.4. The lowest BCUT2D eigenvalue weighted by atomic mass is 9.76. The summed E-state index contributed by atoms with van der Waals surface area (Å²) in [5.74, 6) is -3.35. The van der Waals surface area contributed by atoms with E-state index < -0.39 is 35.0 Å². The fraction of sp³-hybridized carbons (Fsp3) is 0.250. The largest absolute Gasteiger partial charge is 0.324 e. The molecule has 2 aromatic rings. The van der Waals surface area contributed by atoms with Crippen LogP contribution in [0.2, 0.25) is 0 Å². The Balaban J connectivity index is 1.67. The number of para-hydroxylation sites is 1. The number of halogens is 1. The quantitative estimate of drug-likeness (QED) is 0.755. The van der Waals surface area contributed by atoms with Gasteiger partial charge in [0.05, 0.1) is 17.5 Å². The van der Waals surface area contributed by atoms with Crippen LogP contribution >= 0.6 is 0 Å². The third kappa shape index (κ3) is 1.89. The summed E-state index contributed by atoms with van der Waals surface area (Å²) in [6.45, 7) is 1.79. The number of fused-ring (bicyclic) bond motifs is 4. The standard InChI is InChI=1S/C20H16FN3O3/c1-10-15-16(18(26)24(17(15)25)12-6-4-5-11(21)9-12)20(23-10)13-7-2-3-8-14(13)22-19(20)27/h2-10,15-16,23H,1H3,(H,22,27)/t10-,15-,16+,20+/m1/s1. The zero-order valence-electron chi connectivity index (χ0n) is 14.4. The fourth-order valence-corrected chi connectivity index (χ4v) is 4.79. The van der Waals surface area contributed by atoms with Crippen molar-refractivity contribution in [2.24, 2.45) is 11.8 Å². The van der Waals surface area contributed by atoms with Crippen molar-refractivity contribution in [1.82, 2.24) is 5.32 Å². The van der Waals surface area contributed by atoms with Gasteiger partial charge in [-0.1, -0.05) is 24.3 Å². The van der Waals surface area contributed by atoms with E-state index in [0.29, 0.717) is 11.3 Å². The molecule has 2 saturated heterocycles. The number of carbonyl (C=O) groups excluding carboxylic acids is 3. The summed E-state index contributed by atoms with van der Waals surface area (Å²) in [7, 11) is 0. The number of anilines is 2. The number of benzene rings is 2. The molecule has 27 heavy (non-hydrogen) atoms. The van der Waals surface area contributed by atoms with Gasteiger partial charge in [-0.05, 0) is 31.2 Å². The zero-order chi connectivity index (χ0) is 18.9. The van der Waals surface area contributed by atoms with Gasteiger partial charge in [0.1, 0.15) is 11.4 Å². The van der Waals surface area contributed by atoms with Crippen molar-refractivity contribution in [3.05, 3.63) is 59.9 Å². The lowest BCUT2D eigenvalue weighted by Crippen LogP contribution is -2.53. The molecule has 0 aliphatic carbocycles. The van der Waals surface area contributed by atoms with Gasteiger partial charge in [0.15, 0.2) is 0 Å². The summed E-state index contributed by atoms with van der Waals surface area (Å²) in [4.78, 5) is 40.4. The van der Waals surface area contributed by atoms with E-state index in [4.69, 9.17) is 0 Å². The molecule has 0 radical (unpaired) electrons. The van der Waals surface area contributed by atoms with E-state index in [1.165, 1.54) is 18.2 Å². The molecule has 1 spiro atoms. The van der Waals surface area contributed by atoms with Crippen LogP contribution in [0.1, 0.15) is 12.5 Å². The molecule has 2 aromatic carbocycles. The number of imide groups is 1. The van der Waals surface area contributed by atoms with Gasteiger partial charge in [-0.15, -0.1) is 0 Å². The minimum absolute atomic E-state index is 0.188. The molecular formula is C20H16FN3O3. The first-order valence-corrected chi connectivity index (χ1v) is 8.77. The van der Waals surface area contributed by atoms with E-state index >= 15 is 0 Å². The van der Waals surface area contributed by atoms with Crippen molar-refractivity contribution in [1.29, 1.82) is 0 Å². The van der Waals surface area contributed by atoms with Crippen LogP contribution in [0.15, 0.2) is 48.5 Å². The van der Waals surface area contributed by atoms with Gasteiger partial charge in [-0.3, -0.25) is 19.7 Å². The van der Waals surface area contributed by atoms with E-state index in [1.807, 2.05) is 0 Å². The van der Waals surface area contributed by atoms with Crippen molar-refractivity contribution in [2.75, 3.05) is 10.2 Å². The van der Waals surface area contributed by atoms with Crippen LogP contribution in [0.4, 0.5) is 15.8 Å². The Morgan fingerprint density at radius 1 is 1.04 bits per heavy atom. The molecule has 0 saturated carbocycles. The predicted octanol–water partition coefficient (Wildman–Crippen LogP) is 1.77. The maximum atomic E-state index is 13.7. The minimum Gasteiger partial charge on any atom is -0.324 e. The van der Waals surface area contributed by atoms with Crippen molar-refractivity contribution in [3.8, 4) is 0 Å². The predicted molar refractivity (Wildman–Crippen MR) is 95.2 cm³/mol. The van der Waals surface area contributed by atoms with Crippen molar-refractivity contribution in [2.45, 2.75) is 18.5 Å². The molecule has 4 atom stereocenters. The summed E-state index contributed by atoms with van der Waals surface area (Å²) in [5, 5.41) is 6.05. The molecule has 0 bridgehead atoms. The molecule has 2 fully saturated rings. The van der Waals surface area contributed by atoms with Crippen molar-refractivity contribution >= 4 is 29.1 Å². The number of amides is 3. The number of carbonyl (C=O) groups is 3. The third-order valence-corrected chi connectivity index (χ3v) is 5.84. The highest BCUT2D eigenvalue weighted by Gasteiger charge is 2.69. The van der Waals surface area contributed by atoms with Gasteiger partial charge < -0.3 is 5.32 Å². The second-order valence-electron chi connectivity index (χ2n) is 7.24. The highest BCUT2D eigenvalue weighted by Crippen LogP contribution is 2.53. The number of hydrogen-bond donors (Lipinski definition) is 2. The van der Waals surface area contributed by atoms with Crippen LogP contribution in [0.5, 0.6) is 0 Å². The Labute approximate surface area is 154 Å². The molecule has 0 aromatic heterocycles. The van der Waals surface area contributed by atoms with Gasteiger partial charge in [0, 0.05) is 17.3 Å². The summed E-state index contributed by atoms with van der Waals surface area (Å²) in [6, 6.07) is 12.2. The van der Waals surface area contributed by atoms with Crippen LogP contribution in [0, 0.1) is 17.7 Å². The van der Waals surface area contributed by atoms with Crippen LogP contribution < -0.4 is 15.5 Å². The minimum atomic E-state index is -1.30. The number of hydrogen-bond acceptors (Lipinski definition) is 4. The molecule has 2 N–H and O–H groups in total. The Kier molecular flexibility index (Phi) is 3.13. The number of rotatable bonds is 1. The lowest BCUT2D eigenvalue weighted by molar-refractivity contribution is -0.130. The lowest BCUT2D eigenvalue weighted by Gasteiger charge is -2.29. The first-order valence-electron chi connectivity index (χ1n) is 8.77. The average molecular weight is 365 g/mol. The molecule has 7 heteroatoms. The average Bonchev–Trinajstić information content (AvgIpc) is 3.20. The maximum absolute atomic E-state index is 13.7. The van der Waals surface area contributed by atoms with E-state index in [-0.39, 0.29) is 17.6 Å².